The number of ether oxygens (including phenoxy) is 2. The van der Waals surface area contributed by atoms with Crippen molar-refractivity contribution in [2.24, 2.45) is 0 Å². The third-order valence-corrected chi connectivity index (χ3v) is 3.16. The van der Waals surface area contributed by atoms with Crippen molar-refractivity contribution in [2.75, 3.05) is 25.6 Å². The van der Waals surface area contributed by atoms with E-state index in [9.17, 15) is 0 Å². The van der Waals surface area contributed by atoms with Gasteiger partial charge in [-0.3, -0.25) is 0 Å². The summed E-state index contributed by atoms with van der Waals surface area (Å²) in [5, 5.41) is 3.24. The van der Waals surface area contributed by atoms with Crippen LogP contribution >= 0.6 is 0 Å². The molecule has 106 valence electrons. The molecular weight excluding hydrogens is 242 g/mol. The SMILES string of the molecule is CCNc1cc(COC)nc(CC2CCCCO2)n1. The molecule has 1 unspecified atom stereocenters. The molecule has 1 aromatic heterocycles. The number of hydrogen-bond acceptors (Lipinski definition) is 5. The highest BCUT2D eigenvalue weighted by Crippen LogP contribution is 2.17. The van der Waals surface area contributed by atoms with Crippen LogP contribution in [0, 0.1) is 0 Å². The smallest absolute Gasteiger partial charge is 0.133 e. The second-order valence-corrected chi connectivity index (χ2v) is 4.82. The van der Waals surface area contributed by atoms with Crippen molar-refractivity contribution in [3.8, 4) is 0 Å². The van der Waals surface area contributed by atoms with Crippen molar-refractivity contribution >= 4 is 5.82 Å². The van der Waals surface area contributed by atoms with Crippen LogP contribution in [0.1, 0.15) is 37.7 Å². The summed E-state index contributed by atoms with van der Waals surface area (Å²) < 4.78 is 10.9. The second-order valence-electron chi connectivity index (χ2n) is 4.82. The van der Waals surface area contributed by atoms with Gasteiger partial charge in [0.25, 0.3) is 0 Å². The fraction of sp³-hybridized carbons (Fsp3) is 0.714. The lowest BCUT2D eigenvalue weighted by atomic mass is 10.1. The van der Waals surface area contributed by atoms with Gasteiger partial charge in [0, 0.05) is 32.7 Å². The predicted molar refractivity (Wildman–Crippen MR) is 74.2 cm³/mol. The van der Waals surface area contributed by atoms with Gasteiger partial charge in [0.05, 0.1) is 18.4 Å². The van der Waals surface area contributed by atoms with Crippen LogP contribution in [-0.4, -0.2) is 36.3 Å². The Hall–Kier alpha value is -1.20. The van der Waals surface area contributed by atoms with Crippen LogP contribution in [0.2, 0.25) is 0 Å². The fourth-order valence-electron chi connectivity index (χ4n) is 2.31. The van der Waals surface area contributed by atoms with Gasteiger partial charge < -0.3 is 14.8 Å². The minimum absolute atomic E-state index is 0.265. The minimum atomic E-state index is 0.265. The van der Waals surface area contributed by atoms with Crippen molar-refractivity contribution in [1.82, 2.24) is 9.97 Å². The first-order chi connectivity index (χ1) is 9.31. The molecule has 0 spiro atoms. The normalized spacial score (nSPS) is 19.4. The van der Waals surface area contributed by atoms with Gasteiger partial charge in [0.15, 0.2) is 0 Å². The molecule has 5 nitrogen and oxygen atoms in total. The number of nitrogens with one attached hydrogen (secondary N) is 1. The number of methoxy groups -OCH3 is 1. The largest absolute Gasteiger partial charge is 0.378 e. The third-order valence-electron chi connectivity index (χ3n) is 3.16. The first-order valence-corrected chi connectivity index (χ1v) is 7.03. The van der Waals surface area contributed by atoms with E-state index in [2.05, 4.69) is 22.2 Å². The van der Waals surface area contributed by atoms with Gasteiger partial charge >= 0.3 is 0 Å². The van der Waals surface area contributed by atoms with Gasteiger partial charge in [0.1, 0.15) is 11.6 Å². The molecular formula is C14H23N3O2. The average Bonchev–Trinajstić information content (AvgIpc) is 2.40. The Morgan fingerprint density at radius 3 is 3.00 bits per heavy atom. The van der Waals surface area contributed by atoms with Crippen LogP contribution in [0.5, 0.6) is 0 Å². The van der Waals surface area contributed by atoms with Crippen LogP contribution in [0.25, 0.3) is 0 Å². The predicted octanol–water partition coefficient (Wildman–Crippen LogP) is 2.17. The number of aromatic nitrogens is 2. The Kier molecular flexibility index (Phi) is 5.54. The summed E-state index contributed by atoms with van der Waals surface area (Å²) >= 11 is 0. The highest BCUT2D eigenvalue weighted by Gasteiger charge is 2.16. The molecule has 0 saturated carbocycles. The van der Waals surface area contributed by atoms with E-state index in [1.54, 1.807) is 7.11 Å². The van der Waals surface area contributed by atoms with Crippen molar-refractivity contribution in [3.05, 3.63) is 17.6 Å². The van der Waals surface area contributed by atoms with Gasteiger partial charge in [-0.05, 0) is 26.2 Å². The Balaban J connectivity index is 2.08. The lowest BCUT2D eigenvalue weighted by molar-refractivity contribution is 0.0156. The molecule has 0 amide bonds. The monoisotopic (exact) mass is 265 g/mol. The third kappa shape index (κ3) is 4.44. The van der Waals surface area contributed by atoms with Crippen LogP contribution in [0.4, 0.5) is 5.82 Å². The molecule has 1 aliphatic heterocycles. The molecule has 1 saturated heterocycles. The highest BCUT2D eigenvalue weighted by atomic mass is 16.5. The Labute approximate surface area is 114 Å². The average molecular weight is 265 g/mol. The molecule has 0 radical (unpaired) electrons. The van der Waals surface area contributed by atoms with Crippen LogP contribution in [0.15, 0.2) is 6.07 Å². The zero-order valence-corrected chi connectivity index (χ0v) is 11.8. The Bertz CT molecular complexity index is 368. The van der Waals surface area contributed by atoms with E-state index in [1.807, 2.05) is 6.07 Å². The van der Waals surface area contributed by atoms with Crippen LogP contribution in [-0.2, 0) is 22.5 Å². The quantitative estimate of drug-likeness (QED) is 0.854. The van der Waals surface area contributed by atoms with E-state index in [4.69, 9.17) is 9.47 Å². The van der Waals surface area contributed by atoms with Gasteiger partial charge in [-0.2, -0.15) is 0 Å². The summed E-state index contributed by atoms with van der Waals surface area (Å²) in [4.78, 5) is 9.09. The second kappa shape index (κ2) is 7.40. The first-order valence-electron chi connectivity index (χ1n) is 7.03. The zero-order chi connectivity index (χ0) is 13.5. The molecule has 2 heterocycles. The standard InChI is InChI=1S/C14H23N3O2/c1-3-15-13-8-11(10-18-2)16-14(17-13)9-12-6-4-5-7-19-12/h8,12H,3-7,9-10H2,1-2H3,(H,15,16,17). The van der Waals surface area contributed by atoms with E-state index in [1.165, 1.54) is 12.8 Å². The maximum absolute atomic E-state index is 5.75. The highest BCUT2D eigenvalue weighted by molar-refractivity contribution is 5.35. The van der Waals surface area contributed by atoms with Gasteiger partial charge in [0.2, 0.25) is 0 Å². The lowest BCUT2D eigenvalue weighted by Gasteiger charge is -2.22. The summed E-state index contributed by atoms with van der Waals surface area (Å²) in [7, 11) is 1.68. The molecule has 1 atom stereocenters. The van der Waals surface area contributed by atoms with Crippen LogP contribution < -0.4 is 5.32 Å². The number of nitrogens with zero attached hydrogens (tertiary/aromatic N) is 2. The van der Waals surface area contributed by atoms with Crippen molar-refractivity contribution < 1.29 is 9.47 Å². The lowest BCUT2D eigenvalue weighted by Crippen LogP contribution is -2.23. The Morgan fingerprint density at radius 1 is 1.42 bits per heavy atom. The van der Waals surface area contributed by atoms with E-state index in [0.717, 1.165) is 43.3 Å². The molecule has 0 bridgehead atoms. The van der Waals surface area contributed by atoms with E-state index < -0.39 is 0 Å². The molecule has 0 aromatic carbocycles. The molecule has 2 rings (SSSR count). The van der Waals surface area contributed by atoms with Gasteiger partial charge in [-0.15, -0.1) is 0 Å². The maximum atomic E-state index is 5.75. The van der Waals surface area contributed by atoms with Crippen molar-refractivity contribution in [1.29, 1.82) is 0 Å². The molecule has 0 aliphatic carbocycles. The summed E-state index contributed by atoms with van der Waals surface area (Å²) in [5.41, 5.74) is 0.916. The van der Waals surface area contributed by atoms with Crippen molar-refractivity contribution in [3.63, 3.8) is 0 Å². The van der Waals surface area contributed by atoms with E-state index in [0.29, 0.717) is 6.61 Å². The summed E-state index contributed by atoms with van der Waals surface area (Å²) in [6.45, 7) is 4.28. The summed E-state index contributed by atoms with van der Waals surface area (Å²) in [5.74, 6) is 1.72. The van der Waals surface area contributed by atoms with E-state index >= 15 is 0 Å². The number of hydrogen-bond donors (Lipinski definition) is 1. The fourth-order valence-corrected chi connectivity index (χ4v) is 2.31. The van der Waals surface area contributed by atoms with Crippen LogP contribution in [0.3, 0.4) is 0 Å². The summed E-state index contributed by atoms with van der Waals surface area (Å²) in [6.07, 6.45) is 4.57. The molecule has 1 aliphatic rings. The molecule has 1 aromatic rings. The maximum Gasteiger partial charge on any atom is 0.133 e. The minimum Gasteiger partial charge on any atom is -0.378 e. The molecule has 1 fully saturated rings. The molecule has 5 heteroatoms. The Morgan fingerprint density at radius 2 is 2.32 bits per heavy atom. The number of rotatable bonds is 6. The van der Waals surface area contributed by atoms with E-state index in [-0.39, 0.29) is 6.10 Å². The van der Waals surface area contributed by atoms with Gasteiger partial charge in [-0.25, -0.2) is 9.97 Å². The number of anilines is 1. The molecule has 1 N–H and O–H groups in total. The van der Waals surface area contributed by atoms with Gasteiger partial charge in [-0.1, -0.05) is 0 Å². The van der Waals surface area contributed by atoms with Crippen molar-refractivity contribution in [2.45, 2.75) is 45.3 Å². The first kappa shape index (κ1) is 14.2. The molecule has 19 heavy (non-hydrogen) atoms. The zero-order valence-electron chi connectivity index (χ0n) is 11.8. The summed E-state index contributed by atoms with van der Waals surface area (Å²) in [6, 6.07) is 1.94. The topological polar surface area (TPSA) is 56.3 Å².